The van der Waals surface area contributed by atoms with Crippen LogP contribution >= 0.6 is 0 Å². The zero-order valence-corrected chi connectivity index (χ0v) is 21.4. The number of aromatic nitrogens is 1. The van der Waals surface area contributed by atoms with Crippen LogP contribution in [0.2, 0.25) is 0 Å². The molecule has 0 aliphatic heterocycles. The highest BCUT2D eigenvalue weighted by molar-refractivity contribution is 7.90. The van der Waals surface area contributed by atoms with Crippen molar-refractivity contribution in [3.05, 3.63) is 101 Å². The molecule has 0 N–H and O–H groups in total. The number of pyridine rings is 1. The molecule has 0 bridgehead atoms. The fourth-order valence-corrected chi connectivity index (χ4v) is 4.13. The lowest BCUT2D eigenvalue weighted by Crippen LogP contribution is -2.12. The van der Waals surface area contributed by atoms with Gasteiger partial charge in [-0.2, -0.15) is 0 Å². The van der Waals surface area contributed by atoms with Crippen molar-refractivity contribution in [2.45, 2.75) is 12.8 Å². The molecule has 4 aromatic rings. The van der Waals surface area contributed by atoms with E-state index in [9.17, 15) is 26.4 Å². The predicted molar refractivity (Wildman–Crippen MR) is 138 cm³/mol. The highest BCUT2D eigenvalue weighted by atomic mass is 32.2. The summed E-state index contributed by atoms with van der Waals surface area (Å²) in [4.78, 5) is 20.0. The Labute approximate surface area is 222 Å². The fraction of sp³-hybridized carbons (Fsp3) is 0.179. The molecule has 0 atom stereocenters. The number of rotatable bonds is 10. The van der Waals surface area contributed by atoms with Gasteiger partial charge in [0.05, 0.1) is 17.8 Å². The molecule has 0 aliphatic rings. The van der Waals surface area contributed by atoms with Crippen LogP contribution in [-0.2, 0) is 27.5 Å². The Balaban J connectivity index is 1.50. The lowest BCUT2D eigenvalue weighted by atomic mass is 10.0. The van der Waals surface area contributed by atoms with Gasteiger partial charge >= 0.3 is 0 Å². The summed E-state index contributed by atoms with van der Waals surface area (Å²) in [7, 11) is -3.24. The second kappa shape index (κ2) is 11.5. The summed E-state index contributed by atoms with van der Waals surface area (Å²) in [5.74, 6) is -2.39. The van der Waals surface area contributed by atoms with E-state index < -0.39 is 33.1 Å². The Hall–Kier alpha value is -4.43. The Morgan fingerprint density at radius 3 is 2.28 bits per heavy atom. The third kappa shape index (κ3) is 7.12. The van der Waals surface area contributed by atoms with Crippen molar-refractivity contribution in [2.24, 2.45) is 0 Å². The Kier molecular flexibility index (Phi) is 8.16. The maximum Gasteiger partial charge on any atom is 0.229 e. The van der Waals surface area contributed by atoms with Crippen LogP contribution in [0.4, 0.5) is 18.9 Å². The Morgan fingerprint density at radius 2 is 1.64 bits per heavy atom. The van der Waals surface area contributed by atoms with Gasteiger partial charge in [0, 0.05) is 42.8 Å². The van der Waals surface area contributed by atoms with Gasteiger partial charge in [-0.3, -0.25) is 9.78 Å². The third-order valence-electron chi connectivity index (χ3n) is 5.66. The molecule has 0 radical (unpaired) electrons. The summed E-state index contributed by atoms with van der Waals surface area (Å²) >= 11 is 0. The summed E-state index contributed by atoms with van der Waals surface area (Å²) in [6.45, 7) is 7.33. The van der Waals surface area contributed by atoms with E-state index in [-0.39, 0.29) is 59.3 Å². The van der Waals surface area contributed by atoms with E-state index in [1.165, 1.54) is 42.6 Å². The van der Waals surface area contributed by atoms with E-state index in [2.05, 4.69) is 9.83 Å². The molecule has 11 heteroatoms. The quantitative estimate of drug-likeness (QED) is 0.231. The van der Waals surface area contributed by atoms with Gasteiger partial charge in [-0.25, -0.2) is 26.4 Å². The summed E-state index contributed by atoms with van der Waals surface area (Å²) in [6, 6.07) is 11.4. The zero-order valence-electron chi connectivity index (χ0n) is 20.6. The van der Waals surface area contributed by atoms with Gasteiger partial charge in [-0.15, -0.1) is 0 Å². The van der Waals surface area contributed by atoms with Gasteiger partial charge in [0.25, 0.3) is 0 Å². The van der Waals surface area contributed by atoms with Crippen LogP contribution in [0, 0.1) is 24.0 Å². The van der Waals surface area contributed by atoms with E-state index in [1.807, 2.05) is 0 Å². The summed E-state index contributed by atoms with van der Waals surface area (Å²) in [5, 5.41) is 0.444. The number of halogens is 3. The molecule has 4 rings (SSSR count). The van der Waals surface area contributed by atoms with Crippen molar-refractivity contribution in [3.8, 4) is 17.2 Å². The zero-order chi connectivity index (χ0) is 28.2. The van der Waals surface area contributed by atoms with Gasteiger partial charge in [0.2, 0.25) is 5.69 Å². The summed E-state index contributed by atoms with van der Waals surface area (Å²) < 4.78 is 75.8. The van der Waals surface area contributed by atoms with Crippen LogP contribution in [0.15, 0.2) is 60.8 Å². The molecule has 0 spiro atoms. The second-order valence-corrected chi connectivity index (χ2v) is 11.0. The molecule has 3 aromatic carbocycles. The third-order valence-corrected chi connectivity index (χ3v) is 6.57. The van der Waals surface area contributed by atoms with Gasteiger partial charge in [-0.05, 0) is 41.5 Å². The largest absolute Gasteiger partial charge is 0.503 e. The molecule has 7 nitrogen and oxygen atoms in total. The Bertz CT molecular complexity index is 1720. The molecule has 200 valence electrons. The molecule has 0 unspecified atom stereocenters. The number of Topliss-reactive ketones (excluding diaryl/α,β-unsaturated/α-hetero) is 1. The van der Waals surface area contributed by atoms with Crippen LogP contribution in [0.3, 0.4) is 0 Å². The van der Waals surface area contributed by atoms with Crippen molar-refractivity contribution in [2.75, 3.05) is 18.6 Å². The van der Waals surface area contributed by atoms with Crippen LogP contribution in [0.25, 0.3) is 15.7 Å². The smallest absolute Gasteiger partial charge is 0.229 e. The molecule has 1 aromatic heterocycles. The van der Waals surface area contributed by atoms with Crippen molar-refractivity contribution in [1.82, 2.24) is 4.98 Å². The fourth-order valence-electron chi connectivity index (χ4n) is 3.75. The number of carbonyl (C=O) groups is 1. The van der Waals surface area contributed by atoms with Crippen LogP contribution in [0.5, 0.6) is 17.2 Å². The molecule has 0 amide bonds. The minimum absolute atomic E-state index is 0.0223. The summed E-state index contributed by atoms with van der Waals surface area (Å²) in [6.07, 6.45) is 1.93. The lowest BCUT2D eigenvalue weighted by Gasteiger charge is -2.13. The lowest BCUT2D eigenvalue weighted by molar-refractivity contribution is -0.117. The first-order valence-electron chi connectivity index (χ1n) is 11.5. The minimum atomic E-state index is -3.24. The molecule has 0 saturated carbocycles. The second-order valence-electron chi connectivity index (χ2n) is 8.72. The van der Waals surface area contributed by atoms with Crippen LogP contribution in [-0.4, -0.2) is 37.8 Å². The Morgan fingerprint density at radius 1 is 0.949 bits per heavy atom. The number of hydrogen-bond donors (Lipinski definition) is 0. The van der Waals surface area contributed by atoms with Crippen molar-refractivity contribution in [3.63, 3.8) is 0 Å². The van der Waals surface area contributed by atoms with Gasteiger partial charge < -0.3 is 9.47 Å². The number of nitrogens with zero attached hydrogens (tertiary/aromatic N) is 2. The standard InChI is InChI=1S/C28H21F3N2O5S/c1-32-26-15-22-25(16-28(26)37-9-10-39(2,35)36)33-8-7-27(22)38-21-6-4-18(24(31)14-21)12-20(34)11-17-3-5-19(29)13-23(17)30/h3-8,13-16H,9-12H2,2H3. The van der Waals surface area contributed by atoms with E-state index in [4.69, 9.17) is 16.0 Å². The predicted octanol–water partition coefficient (Wildman–Crippen LogP) is 5.77. The topological polar surface area (TPSA) is 86.9 Å². The average Bonchev–Trinajstić information content (AvgIpc) is 2.86. The first-order chi connectivity index (χ1) is 18.5. The highest BCUT2D eigenvalue weighted by Crippen LogP contribution is 2.37. The normalized spacial score (nSPS) is 11.3. The highest BCUT2D eigenvalue weighted by Gasteiger charge is 2.15. The van der Waals surface area contributed by atoms with Crippen molar-refractivity contribution in [1.29, 1.82) is 0 Å². The monoisotopic (exact) mass is 554 g/mol. The first-order valence-corrected chi connectivity index (χ1v) is 13.6. The minimum Gasteiger partial charge on any atom is -0.503 e. The van der Waals surface area contributed by atoms with Crippen molar-refractivity contribution >= 4 is 32.2 Å². The van der Waals surface area contributed by atoms with Crippen LogP contribution in [0.1, 0.15) is 11.1 Å². The number of ketones is 1. The molecular formula is C28H21F3N2O5S. The van der Waals surface area contributed by atoms with E-state index in [0.29, 0.717) is 17.0 Å². The SMILES string of the molecule is [C-]#[N+]c1cc2c(Oc3ccc(CC(=O)Cc4ccc(F)cc4F)c(F)c3)ccnc2cc1OCCS(C)(=O)=O. The van der Waals surface area contributed by atoms with E-state index in [0.717, 1.165) is 18.4 Å². The van der Waals surface area contributed by atoms with Gasteiger partial charge in [-0.1, -0.05) is 12.1 Å². The number of hydrogen-bond acceptors (Lipinski definition) is 6. The number of fused-ring (bicyclic) bond motifs is 1. The summed E-state index contributed by atoms with van der Waals surface area (Å²) in [5.41, 5.74) is 0.631. The molecule has 0 fully saturated rings. The van der Waals surface area contributed by atoms with E-state index in [1.54, 1.807) is 0 Å². The number of benzene rings is 3. The molecule has 0 aliphatic carbocycles. The first kappa shape index (κ1) is 27.6. The van der Waals surface area contributed by atoms with E-state index >= 15 is 0 Å². The maximum absolute atomic E-state index is 14.8. The van der Waals surface area contributed by atoms with Gasteiger partial charge in [0.15, 0.2) is 9.84 Å². The van der Waals surface area contributed by atoms with Crippen molar-refractivity contribution < 1.29 is 35.9 Å². The average molecular weight is 555 g/mol. The molecule has 39 heavy (non-hydrogen) atoms. The number of ether oxygens (including phenoxy) is 2. The number of carbonyl (C=O) groups excluding carboxylic acids is 1. The maximum atomic E-state index is 14.8. The molecule has 0 saturated heterocycles. The van der Waals surface area contributed by atoms with Crippen LogP contribution < -0.4 is 9.47 Å². The van der Waals surface area contributed by atoms with Gasteiger partial charge in [0.1, 0.15) is 47.1 Å². The molecular weight excluding hydrogens is 533 g/mol. The number of sulfone groups is 1. The molecule has 1 heterocycles.